The zero-order valence-electron chi connectivity index (χ0n) is 8.55. The maximum Gasteiger partial charge on any atom is 0.123 e. The van der Waals surface area contributed by atoms with Crippen LogP contribution in [0.25, 0.3) is 0 Å². The molecule has 0 aromatic heterocycles. The van der Waals surface area contributed by atoms with Gasteiger partial charge in [0.25, 0.3) is 0 Å². The quantitative estimate of drug-likeness (QED) is 0.768. The van der Waals surface area contributed by atoms with E-state index in [-0.39, 0.29) is 18.5 Å². The first-order chi connectivity index (χ1) is 6.61. The zero-order valence-corrected chi connectivity index (χ0v) is 8.55. The third-order valence-electron chi connectivity index (χ3n) is 2.03. The van der Waals surface area contributed by atoms with Crippen LogP contribution in [0.15, 0.2) is 18.2 Å². The first kappa shape index (κ1) is 11.1. The van der Waals surface area contributed by atoms with E-state index in [0.717, 1.165) is 11.1 Å². The molecule has 78 valence electrons. The lowest BCUT2D eigenvalue weighted by atomic mass is 10.1. The summed E-state index contributed by atoms with van der Waals surface area (Å²) < 4.78 is 13.0. The Morgan fingerprint density at radius 2 is 2.14 bits per heavy atom. The molecule has 1 aromatic rings. The van der Waals surface area contributed by atoms with E-state index in [9.17, 15) is 4.39 Å². The van der Waals surface area contributed by atoms with Gasteiger partial charge in [0.15, 0.2) is 0 Å². The summed E-state index contributed by atoms with van der Waals surface area (Å²) in [4.78, 5) is 0. The Morgan fingerprint density at radius 1 is 1.43 bits per heavy atom. The van der Waals surface area contributed by atoms with Crippen molar-refractivity contribution in [1.82, 2.24) is 5.32 Å². The molecule has 3 heteroatoms. The fourth-order valence-corrected chi connectivity index (χ4v) is 1.27. The van der Waals surface area contributed by atoms with Crippen LogP contribution in [0.4, 0.5) is 4.39 Å². The molecular formula is C11H16FNO. The standard InChI is InChI=1S/C11H16FNO/c1-8-3-10(5-11(12)4-8)6-13-9(2)7-14/h3-5,9,13-14H,6-7H2,1-2H3. The molecular weight excluding hydrogens is 181 g/mol. The molecule has 0 fully saturated rings. The van der Waals surface area contributed by atoms with Crippen LogP contribution in [0.5, 0.6) is 0 Å². The Kier molecular flexibility index (Phi) is 4.04. The summed E-state index contributed by atoms with van der Waals surface area (Å²) in [5.41, 5.74) is 1.82. The largest absolute Gasteiger partial charge is 0.395 e. The number of rotatable bonds is 4. The summed E-state index contributed by atoms with van der Waals surface area (Å²) in [7, 11) is 0. The molecule has 2 nitrogen and oxygen atoms in total. The highest BCUT2D eigenvalue weighted by atomic mass is 19.1. The smallest absolute Gasteiger partial charge is 0.123 e. The van der Waals surface area contributed by atoms with Crippen molar-refractivity contribution < 1.29 is 9.50 Å². The Morgan fingerprint density at radius 3 is 2.71 bits per heavy atom. The molecule has 0 radical (unpaired) electrons. The summed E-state index contributed by atoms with van der Waals surface area (Å²) in [6.45, 7) is 4.42. The van der Waals surface area contributed by atoms with Gasteiger partial charge in [0, 0.05) is 12.6 Å². The third-order valence-corrected chi connectivity index (χ3v) is 2.03. The summed E-state index contributed by atoms with van der Waals surface area (Å²) in [5.74, 6) is -0.210. The van der Waals surface area contributed by atoms with E-state index in [1.807, 2.05) is 19.9 Å². The van der Waals surface area contributed by atoms with Crippen molar-refractivity contribution in [2.75, 3.05) is 6.61 Å². The van der Waals surface area contributed by atoms with Crippen LogP contribution in [-0.2, 0) is 6.54 Å². The van der Waals surface area contributed by atoms with Crippen LogP contribution in [-0.4, -0.2) is 17.8 Å². The van der Waals surface area contributed by atoms with Crippen molar-refractivity contribution >= 4 is 0 Å². The van der Waals surface area contributed by atoms with Crippen molar-refractivity contribution in [2.45, 2.75) is 26.4 Å². The van der Waals surface area contributed by atoms with Gasteiger partial charge in [-0.2, -0.15) is 0 Å². The summed E-state index contributed by atoms with van der Waals surface area (Å²) in [6, 6.07) is 4.97. The van der Waals surface area contributed by atoms with Crippen molar-refractivity contribution in [3.63, 3.8) is 0 Å². The average molecular weight is 197 g/mol. The van der Waals surface area contributed by atoms with Gasteiger partial charge >= 0.3 is 0 Å². The van der Waals surface area contributed by atoms with Gasteiger partial charge in [0.1, 0.15) is 5.82 Å². The van der Waals surface area contributed by atoms with Gasteiger partial charge in [-0.25, -0.2) is 4.39 Å². The minimum absolute atomic E-state index is 0.0403. The molecule has 0 amide bonds. The van der Waals surface area contributed by atoms with Crippen LogP contribution in [0.3, 0.4) is 0 Å². The highest BCUT2D eigenvalue weighted by Gasteiger charge is 2.01. The second kappa shape index (κ2) is 5.08. The van der Waals surface area contributed by atoms with Crippen LogP contribution < -0.4 is 5.32 Å². The fraction of sp³-hybridized carbons (Fsp3) is 0.455. The Hall–Kier alpha value is -0.930. The molecule has 1 aromatic carbocycles. The molecule has 0 bridgehead atoms. The molecule has 0 spiro atoms. The summed E-state index contributed by atoms with van der Waals surface area (Å²) in [5, 5.41) is 11.9. The molecule has 0 aliphatic carbocycles. The van der Waals surface area contributed by atoms with Gasteiger partial charge in [-0.05, 0) is 37.1 Å². The lowest BCUT2D eigenvalue weighted by Crippen LogP contribution is -2.28. The SMILES string of the molecule is Cc1cc(F)cc(CNC(C)CO)c1. The number of aryl methyl sites for hydroxylation is 1. The van der Waals surface area contributed by atoms with E-state index < -0.39 is 0 Å². The number of hydrogen-bond donors (Lipinski definition) is 2. The van der Waals surface area contributed by atoms with Gasteiger partial charge in [0.05, 0.1) is 6.61 Å². The number of aliphatic hydroxyl groups is 1. The Balaban J connectivity index is 2.58. The Bertz CT molecular complexity index is 281. The minimum Gasteiger partial charge on any atom is -0.395 e. The number of halogens is 1. The second-order valence-corrected chi connectivity index (χ2v) is 3.60. The molecule has 2 N–H and O–H groups in total. The van der Waals surface area contributed by atoms with E-state index in [2.05, 4.69) is 5.32 Å². The van der Waals surface area contributed by atoms with Gasteiger partial charge in [0.2, 0.25) is 0 Å². The van der Waals surface area contributed by atoms with Crippen molar-refractivity contribution in [2.24, 2.45) is 0 Å². The van der Waals surface area contributed by atoms with Crippen LogP contribution >= 0.6 is 0 Å². The number of benzene rings is 1. The Labute approximate surface area is 83.8 Å². The molecule has 14 heavy (non-hydrogen) atoms. The number of aliphatic hydroxyl groups excluding tert-OH is 1. The lowest BCUT2D eigenvalue weighted by molar-refractivity contribution is 0.251. The lowest BCUT2D eigenvalue weighted by Gasteiger charge is -2.10. The fourth-order valence-electron chi connectivity index (χ4n) is 1.27. The normalized spacial score (nSPS) is 12.9. The molecule has 0 aliphatic heterocycles. The maximum atomic E-state index is 13.0. The van der Waals surface area contributed by atoms with Crippen molar-refractivity contribution in [3.05, 3.63) is 35.1 Å². The number of hydrogen-bond acceptors (Lipinski definition) is 2. The van der Waals surface area contributed by atoms with E-state index in [1.165, 1.54) is 12.1 Å². The highest BCUT2D eigenvalue weighted by Crippen LogP contribution is 2.08. The van der Waals surface area contributed by atoms with Gasteiger partial charge in [-0.3, -0.25) is 0 Å². The molecule has 1 atom stereocenters. The summed E-state index contributed by atoms with van der Waals surface area (Å²) >= 11 is 0. The predicted octanol–water partition coefficient (Wildman–Crippen LogP) is 1.60. The van der Waals surface area contributed by atoms with Gasteiger partial charge in [-0.1, -0.05) is 6.07 Å². The molecule has 0 aliphatic rings. The number of nitrogens with one attached hydrogen (secondary N) is 1. The third kappa shape index (κ3) is 3.44. The highest BCUT2D eigenvalue weighted by molar-refractivity contribution is 5.23. The molecule has 0 heterocycles. The molecule has 1 rings (SSSR count). The zero-order chi connectivity index (χ0) is 10.6. The van der Waals surface area contributed by atoms with Crippen molar-refractivity contribution in [1.29, 1.82) is 0 Å². The van der Waals surface area contributed by atoms with E-state index in [1.54, 1.807) is 0 Å². The molecule has 0 saturated carbocycles. The van der Waals surface area contributed by atoms with E-state index in [0.29, 0.717) is 6.54 Å². The van der Waals surface area contributed by atoms with Crippen LogP contribution in [0.2, 0.25) is 0 Å². The van der Waals surface area contributed by atoms with Crippen molar-refractivity contribution in [3.8, 4) is 0 Å². The van der Waals surface area contributed by atoms with Gasteiger partial charge < -0.3 is 10.4 Å². The van der Waals surface area contributed by atoms with Crippen LogP contribution in [0, 0.1) is 12.7 Å². The minimum atomic E-state index is -0.210. The molecule has 1 unspecified atom stereocenters. The maximum absolute atomic E-state index is 13.0. The first-order valence-corrected chi connectivity index (χ1v) is 4.72. The van der Waals surface area contributed by atoms with E-state index in [4.69, 9.17) is 5.11 Å². The predicted molar refractivity (Wildman–Crippen MR) is 54.5 cm³/mol. The van der Waals surface area contributed by atoms with Gasteiger partial charge in [-0.15, -0.1) is 0 Å². The van der Waals surface area contributed by atoms with E-state index >= 15 is 0 Å². The van der Waals surface area contributed by atoms with Crippen LogP contribution in [0.1, 0.15) is 18.1 Å². The monoisotopic (exact) mass is 197 g/mol. The average Bonchev–Trinajstić information content (AvgIpc) is 2.12. The topological polar surface area (TPSA) is 32.3 Å². The summed E-state index contributed by atoms with van der Waals surface area (Å²) in [6.07, 6.45) is 0. The molecule has 0 saturated heterocycles. The second-order valence-electron chi connectivity index (χ2n) is 3.60. The first-order valence-electron chi connectivity index (χ1n) is 4.72.